The summed E-state index contributed by atoms with van der Waals surface area (Å²) in [6.45, 7) is 5.36. The molecular formula is C16H22N4O3S2. The van der Waals surface area contributed by atoms with Gasteiger partial charge in [0.1, 0.15) is 18.8 Å². The Balaban J connectivity index is 0.000000970. The van der Waals surface area contributed by atoms with Crippen LogP contribution in [-0.2, 0) is 4.74 Å². The molecule has 0 aromatic heterocycles. The van der Waals surface area contributed by atoms with Crippen LogP contribution in [-0.4, -0.2) is 62.7 Å². The van der Waals surface area contributed by atoms with Gasteiger partial charge >= 0.3 is 0 Å². The number of morpholine rings is 1. The summed E-state index contributed by atoms with van der Waals surface area (Å²) >= 11 is 8.84. The Labute approximate surface area is 158 Å². The largest absolute Gasteiger partial charge is 0.753 e. The maximum Gasteiger partial charge on any atom is 0.257 e. The molecule has 0 unspecified atom stereocenters. The fourth-order valence-electron chi connectivity index (χ4n) is 2.22. The van der Waals surface area contributed by atoms with Crippen LogP contribution in [0.4, 0.5) is 0 Å². The van der Waals surface area contributed by atoms with E-state index in [1.165, 1.54) is 10.1 Å². The third kappa shape index (κ3) is 8.67. The average Bonchev–Trinajstić information content (AvgIpc) is 2.63. The Bertz CT molecular complexity index is 584. The molecular weight excluding hydrogens is 360 g/mol. The second-order valence-corrected chi connectivity index (χ2v) is 5.73. The van der Waals surface area contributed by atoms with Crippen molar-refractivity contribution in [3.05, 3.63) is 35.2 Å². The van der Waals surface area contributed by atoms with Crippen molar-refractivity contribution in [2.75, 3.05) is 46.5 Å². The number of nitrogens with one attached hydrogen (secondary N) is 3. The highest BCUT2D eigenvalue weighted by Crippen LogP contribution is 2.10. The lowest BCUT2D eigenvalue weighted by Gasteiger charge is -2.23. The SMILES string of the molecule is COc1ccc(C(=O)NC(=S)NCC[NH+]2CCOCC2)cc1.[N-]=C=S. The van der Waals surface area contributed by atoms with Crippen molar-refractivity contribution in [3.63, 3.8) is 0 Å². The monoisotopic (exact) mass is 382 g/mol. The number of methoxy groups -OCH3 is 1. The maximum atomic E-state index is 12.0. The minimum Gasteiger partial charge on any atom is -0.753 e. The molecule has 0 aliphatic carbocycles. The van der Waals surface area contributed by atoms with Crippen LogP contribution >= 0.6 is 24.4 Å². The van der Waals surface area contributed by atoms with Gasteiger partial charge in [0, 0.05) is 5.56 Å². The molecule has 0 saturated carbocycles. The number of amides is 1. The van der Waals surface area contributed by atoms with E-state index in [4.69, 9.17) is 27.1 Å². The first-order valence-electron chi connectivity index (χ1n) is 7.76. The van der Waals surface area contributed by atoms with Gasteiger partial charge in [-0.3, -0.25) is 10.1 Å². The number of carbonyl (C=O) groups is 1. The zero-order valence-corrected chi connectivity index (χ0v) is 15.7. The number of carbonyl (C=O) groups excluding carboxylic acids is 1. The van der Waals surface area contributed by atoms with Gasteiger partial charge in [0.2, 0.25) is 0 Å². The number of ether oxygens (including phenoxy) is 2. The van der Waals surface area contributed by atoms with E-state index in [2.05, 4.69) is 22.9 Å². The standard InChI is InChI=1S/C15H21N3O3S.CNS/c1-20-13-4-2-12(3-5-13)14(19)17-15(22)16-6-7-18-8-10-21-11-9-18;2-1-3/h2-5H,6-11H2,1H3,(H2,16,17,19,22);/q;-1/p+1. The van der Waals surface area contributed by atoms with E-state index in [-0.39, 0.29) is 5.91 Å². The maximum absolute atomic E-state index is 12.0. The van der Waals surface area contributed by atoms with Crippen LogP contribution < -0.4 is 20.3 Å². The fraction of sp³-hybridized carbons (Fsp3) is 0.438. The highest BCUT2D eigenvalue weighted by Gasteiger charge is 2.13. The van der Waals surface area contributed by atoms with Crippen molar-refractivity contribution in [1.82, 2.24) is 10.6 Å². The number of thiocarbonyl (C=S) groups is 2. The quantitative estimate of drug-likeness (QED) is 0.486. The number of hydrogen-bond acceptors (Lipinski definition) is 5. The van der Waals surface area contributed by atoms with Gasteiger partial charge < -0.3 is 25.1 Å². The summed E-state index contributed by atoms with van der Waals surface area (Å²) in [5.74, 6) is 0.490. The van der Waals surface area contributed by atoms with Crippen molar-refractivity contribution >= 4 is 40.6 Å². The summed E-state index contributed by atoms with van der Waals surface area (Å²) in [4.78, 5) is 13.5. The van der Waals surface area contributed by atoms with Crippen molar-refractivity contribution in [2.24, 2.45) is 0 Å². The van der Waals surface area contributed by atoms with Gasteiger partial charge in [-0.05, 0) is 36.5 Å². The Morgan fingerprint density at radius 2 is 1.96 bits per heavy atom. The summed E-state index contributed by atoms with van der Waals surface area (Å²) < 4.78 is 10.4. The van der Waals surface area contributed by atoms with Gasteiger partial charge in [-0.25, -0.2) is 0 Å². The summed E-state index contributed by atoms with van der Waals surface area (Å²) in [5.41, 5.74) is 0.545. The van der Waals surface area contributed by atoms with Gasteiger partial charge in [0.15, 0.2) is 5.11 Å². The first kappa shape index (κ1) is 21.1. The van der Waals surface area contributed by atoms with Gasteiger partial charge in [0.05, 0.1) is 33.4 Å². The topological polar surface area (TPSA) is 86.3 Å². The molecule has 25 heavy (non-hydrogen) atoms. The van der Waals surface area contributed by atoms with E-state index in [1.807, 2.05) is 0 Å². The Kier molecular flexibility index (Phi) is 10.5. The molecule has 1 aliphatic heterocycles. The van der Waals surface area contributed by atoms with Crippen LogP contribution in [0.25, 0.3) is 5.41 Å². The molecule has 3 N–H and O–H groups in total. The molecule has 0 bridgehead atoms. The predicted octanol–water partition coefficient (Wildman–Crippen LogP) is -0.127. The second-order valence-electron chi connectivity index (χ2n) is 5.14. The molecule has 1 fully saturated rings. The van der Waals surface area contributed by atoms with Gasteiger partial charge in [-0.15, -0.1) is 0 Å². The van der Waals surface area contributed by atoms with Crippen LogP contribution in [0, 0.1) is 0 Å². The van der Waals surface area contributed by atoms with Crippen LogP contribution in [0.1, 0.15) is 10.4 Å². The first-order chi connectivity index (χ1) is 12.1. The molecule has 2 rings (SSSR count). The molecule has 9 heteroatoms. The fourth-order valence-corrected chi connectivity index (χ4v) is 2.42. The summed E-state index contributed by atoms with van der Waals surface area (Å²) in [7, 11) is 1.59. The van der Waals surface area contributed by atoms with Crippen LogP contribution in [0.15, 0.2) is 24.3 Å². The molecule has 7 nitrogen and oxygen atoms in total. The van der Waals surface area contributed by atoms with Crippen molar-refractivity contribution < 1.29 is 19.2 Å². The third-order valence-corrected chi connectivity index (χ3v) is 3.79. The van der Waals surface area contributed by atoms with Crippen molar-refractivity contribution in [1.29, 1.82) is 0 Å². The van der Waals surface area contributed by atoms with Crippen LogP contribution in [0.5, 0.6) is 5.75 Å². The Hall–Kier alpha value is -1.90. The van der Waals surface area contributed by atoms with Crippen molar-refractivity contribution in [2.45, 2.75) is 0 Å². The molecule has 1 heterocycles. The number of rotatable bonds is 5. The van der Waals surface area contributed by atoms with E-state index >= 15 is 0 Å². The number of isothiocyanates is 1. The lowest BCUT2D eigenvalue weighted by Crippen LogP contribution is -3.14. The van der Waals surface area contributed by atoms with E-state index < -0.39 is 0 Å². The third-order valence-electron chi connectivity index (χ3n) is 3.54. The minimum absolute atomic E-state index is 0.223. The zero-order valence-electron chi connectivity index (χ0n) is 14.0. The predicted molar refractivity (Wildman–Crippen MR) is 103 cm³/mol. The minimum atomic E-state index is -0.223. The molecule has 0 spiro atoms. The molecule has 0 atom stereocenters. The highest BCUT2D eigenvalue weighted by atomic mass is 32.1. The number of quaternary nitrogens is 1. The van der Waals surface area contributed by atoms with E-state index in [1.54, 1.807) is 31.4 Å². The first-order valence-corrected chi connectivity index (χ1v) is 8.58. The molecule has 1 amide bonds. The molecule has 136 valence electrons. The van der Waals surface area contributed by atoms with Gasteiger partial charge in [-0.2, -0.15) is 5.16 Å². The lowest BCUT2D eigenvalue weighted by atomic mass is 10.2. The molecule has 1 aliphatic rings. The molecule has 1 aromatic carbocycles. The van der Waals surface area contributed by atoms with Gasteiger partial charge in [-0.1, -0.05) is 12.2 Å². The average molecular weight is 383 g/mol. The smallest absolute Gasteiger partial charge is 0.257 e. The molecule has 1 aromatic rings. The molecule has 0 radical (unpaired) electrons. The van der Waals surface area contributed by atoms with Crippen LogP contribution in [0.3, 0.4) is 0 Å². The number of benzene rings is 1. The number of nitrogens with zero attached hydrogens (tertiary/aromatic N) is 1. The Morgan fingerprint density at radius 3 is 2.52 bits per heavy atom. The number of hydrogen-bond donors (Lipinski definition) is 3. The highest BCUT2D eigenvalue weighted by molar-refractivity contribution is 7.80. The summed E-state index contributed by atoms with van der Waals surface area (Å²) in [6, 6.07) is 6.89. The Morgan fingerprint density at radius 1 is 1.36 bits per heavy atom. The zero-order chi connectivity index (χ0) is 18.5. The summed E-state index contributed by atoms with van der Waals surface area (Å²) in [6.07, 6.45) is 0. The van der Waals surface area contributed by atoms with E-state index in [0.29, 0.717) is 16.4 Å². The van der Waals surface area contributed by atoms with Crippen LogP contribution in [0.2, 0.25) is 0 Å². The second kappa shape index (κ2) is 12.5. The molecule has 1 saturated heterocycles. The van der Waals surface area contributed by atoms with Gasteiger partial charge in [0.25, 0.3) is 5.91 Å². The van der Waals surface area contributed by atoms with Crippen molar-refractivity contribution in [3.8, 4) is 5.75 Å². The van der Waals surface area contributed by atoms with E-state index in [0.717, 1.165) is 39.4 Å². The summed E-state index contributed by atoms with van der Waals surface area (Å²) in [5, 5.41) is 14.6. The lowest BCUT2D eigenvalue weighted by molar-refractivity contribution is -0.906. The normalized spacial score (nSPS) is 13.6. The van der Waals surface area contributed by atoms with E-state index in [9.17, 15) is 4.79 Å².